The molecule has 1 unspecified atom stereocenters. The van der Waals surface area contributed by atoms with Crippen LogP contribution in [0.4, 0.5) is 0 Å². The third kappa shape index (κ3) is 6.53. The van der Waals surface area contributed by atoms with Gasteiger partial charge in [0.1, 0.15) is 0 Å². The number of thioether (sulfide) groups is 1. The molecular weight excluding hydrogens is 469 g/mol. The minimum atomic E-state index is 0. The van der Waals surface area contributed by atoms with Gasteiger partial charge in [-0.15, -0.1) is 35.7 Å². The average Bonchev–Trinajstić information content (AvgIpc) is 3.32. The number of guanidine groups is 1. The fourth-order valence-corrected chi connectivity index (χ4v) is 5.52. The first-order valence-electron chi connectivity index (χ1n) is 10.0. The van der Waals surface area contributed by atoms with Crippen LogP contribution in [0.1, 0.15) is 39.0 Å². The van der Waals surface area contributed by atoms with Crippen LogP contribution in [0.3, 0.4) is 0 Å². The number of aliphatic imine (C=N–C) groups is 1. The molecule has 1 atom stereocenters. The van der Waals surface area contributed by atoms with Crippen molar-refractivity contribution in [3.8, 4) is 0 Å². The van der Waals surface area contributed by atoms with Gasteiger partial charge >= 0.3 is 0 Å². The molecular formula is C21H34IN3OS. The number of nitrogens with zero attached hydrogens (tertiary/aromatic N) is 2. The number of hydrogen-bond acceptors (Lipinski definition) is 3. The van der Waals surface area contributed by atoms with Crippen LogP contribution in [0, 0.1) is 5.92 Å². The molecule has 1 aliphatic carbocycles. The van der Waals surface area contributed by atoms with Gasteiger partial charge in [-0.1, -0.05) is 31.0 Å². The minimum Gasteiger partial charge on any atom is -0.381 e. The van der Waals surface area contributed by atoms with Crippen molar-refractivity contribution in [2.45, 2.75) is 48.7 Å². The van der Waals surface area contributed by atoms with Crippen LogP contribution in [-0.4, -0.2) is 55.5 Å². The summed E-state index contributed by atoms with van der Waals surface area (Å²) in [6.07, 6.45) is 6.43. The zero-order chi connectivity index (χ0) is 18.2. The van der Waals surface area contributed by atoms with E-state index in [2.05, 4.69) is 52.5 Å². The first-order valence-corrected chi connectivity index (χ1v) is 10.8. The maximum atomic E-state index is 5.61. The Hall–Kier alpha value is -0.470. The van der Waals surface area contributed by atoms with E-state index in [1.54, 1.807) is 0 Å². The van der Waals surface area contributed by atoms with E-state index in [9.17, 15) is 0 Å². The fraction of sp³-hybridized carbons (Fsp3) is 0.667. The van der Waals surface area contributed by atoms with E-state index >= 15 is 0 Å². The van der Waals surface area contributed by atoms with Gasteiger partial charge in [0.05, 0.1) is 6.61 Å². The second kappa shape index (κ2) is 11.5. The Balaban J connectivity index is 0.00000261. The molecule has 1 saturated heterocycles. The van der Waals surface area contributed by atoms with E-state index in [1.165, 1.54) is 37.0 Å². The lowest BCUT2D eigenvalue weighted by molar-refractivity contribution is 0.114. The molecule has 1 aromatic rings. The van der Waals surface area contributed by atoms with E-state index in [0.717, 1.165) is 38.8 Å². The highest BCUT2D eigenvalue weighted by molar-refractivity contribution is 14.0. The summed E-state index contributed by atoms with van der Waals surface area (Å²) < 4.78 is 5.91. The SMILES string of the molecule is CCOCC1CCN(C(=NC)NCC2(Sc3ccccc3)CCCC2)C1.I. The molecule has 27 heavy (non-hydrogen) atoms. The molecule has 152 valence electrons. The summed E-state index contributed by atoms with van der Waals surface area (Å²) in [5, 5.41) is 3.71. The Bertz CT molecular complexity index is 578. The molecule has 6 heteroatoms. The van der Waals surface area contributed by atoms with E-state index in [1.807, 2.05) is 18.8 Å². The highest BCUT2D eigenvalue weighted by atomic mass is 127. The van der Waals surface area contributed by atoms with E-state index in [0.29, 0.717) is 10.7 Å². The minimum absolute atomic E-state index is 0. The molecule has 1 heterocycles. The Kier molecular flexibility index (Phi) is 9.73. The van der Waals surface area contributed by atoms with Gasteiger partial charge in [-0.3, -0.25) is 4.99 Å². The molecule has 4 nitrogen and oxygen atoms in total. The molecule has 0 spiro atoms. The number of ether oxygens (including phenoxy) is 1. The highest BCUT2D eigenvalue weighted by Gasteiger charge is 2.36. The van der Waals surface area contributed by atoms with E-state index < -0.39 is 0 Å². The predicted octanol–water partition coefficient (Wildman–Crippen LogP) is 4.64. The molecule has 2 fully saturated rings. The van der Waals surface area contributed by atoms with Crippen LogP contribution in [0.2, 0.25) is 0 Å². The van der Waals surface area contributed by atoms with Crippen molar-refractivity contribution < 1.29 is 4.74 Å². The van der Waals surface area contributed by atoms with Crippen LogP contribution in [0.25, 0.3) is 0 Å². The van der Waals surface area contributed by atoms with Crippen LogP contribution in [0.5, 0.6) is 0 Å². The van der Waals surface area contributed by atoms with Gasteiger partial charge in [-0.05, 0) is 38.3 Å². The van der Waals surface area contributed by atoms with Crippen molar-refractivity contribution in [3.63, 3.8) is 0 Å². The summed E-state index contributed by atoms with van der Waals surface area (Å²) in [6, 6.07) is 10.8. The molecule has 1 N–H and O–H groups in total. The van der Waals surface area contributed by atoms with Crippen molar-refractivity contribution in [1.29, 1.82) is 0 Å². The number of likely N-dealkylation sites (tertiary alicyclic amines) is 1. The largest absolute Gasteiger partial charge is 0.381 e. The average molecular weight is 503 g/mol. The summed E-state index contributed by atoms with van der Waals surface area (Å²) in [4.78, 5) is 8.35. The zero-order valence-corrected chi connectivity index (χ0v) is 19.8. The summed E-state index contributed by atoms with van der Waals surface area (Å²) in [5.74, 6) is 1.69. The lowest BCUT2D eigenvalue weighted by Gasteiger charge is -2.31. The summed E-state index contributed by atoms with van der Waals surface area (Å²) in [6.45, 7) is 6.87. The second-order valence-electron chi connectivity index (χ2n) is 7.47. The molecule has 1 aromatic carbocycles. The van der Waals surface area contributed by atoms with Gasteiger partial charge < -0.3 is 15.0 Å². The molecule has 0 aromatic heterocycles. The molecule has 0 amide bonds. The van der Waals surface area contributed by atoms with Crippen molar-refractivity contribution in [1.82, 2.24) is 10.2 Å². The molecule has 3 rings (SSSR count). The van der Waals surface area contributed by atoms with Crippen LogP contribution in [0.15, 0.2) is 40.2 Å². The molecule has 1 aliphatic heterocycles. The Labute approximate surface area is 185 Å². The molecule has 0 bridgehead atoms. The lowest BCUT2D eigenvalue weighted by atomic mass is 10.1. The first-order chi connectivity index (χ1) is 12.7. The van der Waals surface area contributed by atoms with Gasteiger partial charge in [0.25, 0.3) is 0 Å². The van der Waals surface area contributed by atoms with E-state index in [-0.39, 0.29) is 24.0 Å². The zero-order valence-electron chi connectivity index (χ0n) is 16.7. The quantitative estimate of drug-likeness (QED) is 0.334. The summed E-state index contributed by atoms with van der Waals surface area (Å²) >= 11 is 2.05. The van der Waals surface area contributed by atoms with E-state index in [4.69, 9.17) is 4.74 Å². The third-order valence-corrected chi connectivity index (χ3v) is 7.01. The fourth-order valence-electron chi connectivity index (χ4n) is 4.09. The van der Waals surface area contributed by atoms with Crippen LogP contribution < -0.4 is 5.32 Å². The number of halogens is 1. The third-order valence-electron chi connectivity index (χ3n) is 5.52. The van der Waals surface area contributed by atoms with Crippen LogP contribution in [-0.2, 0) is 4.74 Å². The van der Waals surface area contributed by atoms with Crippen molar-refractivity contribution >= 4 is 41.7 Å². The Morgan fingerprint density at radius 3 is 2.70 bits per heavy atom. The molecule has 2 aliphatic rings. The number of hydrogen-bond donors (Lipinski definition) is 1. The van der Waals surface area contributed by atoms with Crippen molar-refractivity contribution in [2.75, 3.05) is 39.9 Å². The number of benzene rings is 1. The molecule has 0 radical (unpaired) electrons. The van der Waals surface area contributed by atoms with Crippen molar-refractivity contribution in [2.24, 2.45) is 10.9 Å². The second-order valence-corrected chi connectivity index (χ2v) is 9.01. The summed E-state index contributed by atoms with van der Waals surface area (Å²) in [5.41, 5.74) is 0. The van der Waals surface area contributed by atoms with Gasteiger partial charge in [0, 0.05) is 48.8 Å². The normalized spacial score (nSPS) is 21.9. The Morgan fingerprint density at radius 1 is 1.30 bits per heavy atom. The smallest absolute Gasteiger partial charge is 0.193 e. The topological polar surface area (TPSA) is 36.9 Å². The number of nitrogens with one attached hydrogen (secondary N) is 1. The maximum absolute atomic E-state index is 5.61. The van der Waals surface area contributed by atoms with Gasteiger partial charge in [-0.2, -0.15) is 0 Å². The van der Waals surface area contributed by atoms with Gasteiger partial charge in [0.2, 0.25) is 0 Å². The standard InChI is InChI=1S/C21H33N3OS.HI/c1-3-25-16-18-11-14-24(15-18)20(22-2)23-17-21(12-7-8-13-21)26-19-9-5-4-6-10-19;/h4-6,9-10,18H,3,7-8,11-17H2,1-2H3,(H,22,23);1H. The lowest BCUT2D eigenvalue weighted by Crippen LogP contribution is -2.46. The van der Waals surface area contributed by atoms with Gasteiger partial charge in [0.15, 0.2) is 5.96 Å². The highest BCUT2D eigenvalue weighted by Crippen LogP contribution is 2.44. The number of rotatable bonds is 7. The monoisotopic (exact) mass is 503 g/mol. The first kappa shape index (κ1) is 22.8. The van der Waals surface area contributed by atoms with Crippen LogP contribution >= 0.6 is 35.7 Å². The molecule has 1 saturated carbocycles. The maximum Gasteiger partial charge on any atom is 0.193 e. The van der Waals surface area contributed by atoms with Gasteiger partial charge in [-0.25, -0.2) is 0 Å². The Morgan fingerprint density at radius 2 is 2.04 bits per heavy atom. The summed E-state index contributed by atoms with van der Waals surface area (Å²) in [7, 11) is 1.91. The van der Waals surface area contributed by atoms with Crippen molar-refractivity contribution in [3.05, 3.63) is 30.3 Å². The predicted molar refractivity (Wildman–Crippen MR) is 126 cm³/mol.